The Morgan fingerprint density at radius 1 is 1.04 bits per heavy atom. The molecule has 1 aliphatic heterocycles. The highest BCUT2D eigenvalue weighted by atomic mass is 15.1. The number of nitrogens with zero attached hydrogens (tertiary/aromatic N) is 4. The zero-order valence-electron chi connectivity index (χ0n) is 15.2. The maximum Gasteiger partial charge on any atom is 0.103 e. The van der Waals surface area contributed by atoms with Gasteiger partial charge in [-0.2, -0.15) is 0 Å². The Balaban J connectivity index is 1.73. The third-order valence-electron chi connectivity index (χ3n) is 4.76. The van der Waals surface area contributed by atoms with Crippen molar-refractivity contribution in [2.24, 2.45) is 4.99 Å². The van der Waals surface area contributed by atoms with E-state index >= 15 is 0 Å². The van der Waals surface area contributed by atoms with Crippen LogP contribution in [0.3, 0.4) is 0 Å². The van der Waals surface area contributed by atoms with Gasteiger partial charge in [-0.3, -0.25) is 19.9 Å². The van der Waals surface area contributed by atoms with Gasteiger partial charge in [-0.1, -0.05) is 25.5 Å². The van der Waals surface area contributed by atoms with Gasteiger partial charge in [-0.15, -0.1) is 0 Å². The molecule has 1 N–H and O–H groups in total. The number of benzene rings is 1. The number of aryl methyl sites for hydroxylation is 1. The van der Waals surface area contributed by atoms with Crippen molar-refractivity contribution in [3.05, 3.63) is 65.7 Å². The van der Waals surface area contributed by atoms with E-state index in [1.165, 1.54) is 0 Å². The summed E-state index contributed by atoms with van der Waals surface area (Å²) in [5.41, 5.74) is 5.00. The molecule has 2 unspecified atom stereocenters. The van der Waals surface area contributed by atoms with Crippen molar-refractivity contribution in [1.29, 1.82) is 0 Å². The lowest BCUT2D eigenvalue weighted by molar-refractivity contribution is 0.555. The lowest BCUT2D eigenvalue weighted by Crippen LogP contribution is -2.25. The summed E-state index contributed by atoms with van der Waals surface area (Å²) >= 11 is 0. The second-order valence-electron chi connectivity index (χ2n) is 6.75. The van der Waals surface area contributed by atoms with E-state index in [9.17, 15) is 0 Å². The first-order valence-corrected chi connectivity index (χ1v) is 9.22. The number of hydrogen-bond acceptors (Lipinski definition) is 5. The molecule has 132 valence electrons. The van der Waals surface area contributed by atoms with Gasteiger partial charge in [0.15, 0.2) is 0 Å². The lowest BCUT2D eigenvalue weighted by atomic mass is 9.97. The van der Waals surface area contributed by atoms with Crippen molar-refractivity contribution >= 4 is 16.9 Å². The normalized spacial score (nSPS) is 19.4. The SMILES string of the molecule is CCCCC1=NC(c2ccc3nccnc3c2)C(c2cccc(C)n2)N1. The minimum atomic E-state index is 0.00237. The average molecular weight is 345 g/mol. The zero-order chi connectivity index (χ0) is 17.9. The molecule has 1 aliphatic rings. The molecule has 0 bridgehead atoms. The minimum Gasteiger partial charge on any atom is -0.363 e. The number of aliphatic imine (C=N–C) groups is 1. The second-order valence-corrected chi connectivity index (χ2v) is 6.75. The molecule has 5 nitrogen and oxygen atoms in total. The van der Waals surface area contributed by atoms with E-state index in [1.54, 1.807) is 12.4 Å². The zero-order valence-corrected chi connectivity index (χ0v) is 15.2. The highest BCUT2D eigenvalue weighted by Gasteiger charge is 2.32. The van der Waals surface area contributed by atoms with Gasteiger partial charge in [0.25, 0.3) is 0 Å². The molecule has 0 spiro atoms. The summed E-state index contributed by atoms with van der Waals surface area (Å²) in [6, 6.07) is 12.5. The monoisotopic (exact) mass is 345 g/mol. The van der Waals surface area contributed by atoms with Crippen LogP contribution in [0.2, 0.25) is 0 Å². The smallest absolute Gasteiger partial charge is 0.103 e. The summed E-state index contributed by atoms with van der Waals surface area (Å²) in [7, 11) is 0. The Morgan fingerprint density at radius 3 is 2.69 bits per heavy atom. The van der Waals surface area contributed by atoms with E-state index in [4.69, 9.17) is 9.98 Å². The average Bonchev–Trinajstić information content (AvgIpc) is 3.10. The summed E-state index contributed by atoms with van der Waals surface area (Å²) in [6.07, 6.45) is 6.72. The predicted molar refractivity (Wildman–Crippen MR) is 104 cm³/mol. The van der Waals surface area contributed by atoms with Crippen LogP contribution in [0.4, 0.5) is 0 Å². The molecule has 0 amide bonds. The Labute approximate surface area is 153 Å². The molecule has 5 heteroatoms. The number of rotatable bonds is 5. The lowest BCUT2D eigenvalue weighted by Gasteiger charge is -2.19. The molecule has 3 aromatic rings. The number of fused-ring (bicyclic) bond motifs is 1. The van der Waals surface area contributed by atoms with Crippen molar-refractivity contribution in [2.45, 2.75) is 45.2 Å². The van der Waals surface area contributed by atoms with Gasteiger partial charge in [-0.05, 0) is 43.2 Å². The molecule has 2 atom stereocenters. The molecule has 0 fully saturated rings. The number of unbranched alkanes of at least 4 members (excludes halogenated alkanes) is 1. The van der Waals surface area contributed by atoms with Gasteiger partial charge < -0.3 is 5.32 Å². The molecule has 0 aliphatic carbocycles. The topological polar surface area (TPSA) is 63.1 Å². The predicted octanol–water partition coefficient (Wildman–Crippen LogP) is 4.31. The van der Waals surface area contributed by atoms with Crippen molar-refractivity contribution in [2.75, 3.05) is 0 Å². The molecule has 0 saturated heterocycles. The van der Waals surface area contributed by atoms with Crippen molar-refractivity contribution in [1.82, 2.24) is 20.3 Å². The van der Waals surface area contributed by atoms with Crippen LogP contribution < -0.4 is 5.32 Å². The summed E-state index contributed by atoms with van der Waals surface area (Å²) in [4.78, 5) is 18.6. The molecule has 3 heterocycles. The first-order chi connectivity index (χ1) is 12.7. The quantitative estimate of drug-likeness (QED) is 0.748. The third-order valence-corrected chi connectivity index (χ3v) is 4.76. The summed E-state index contributed by atoms with van der Waals surface area (Å²) in [6.45, 7) is 4.23. The van der Waals surface area contributed by atoms with Gasteiger partial charge in [0, 0.05) is 24.5 Å². The third kappa shape index (κ3) is 3.29. The number of pyridine rings is 1. The fourth-order valence-electron chi connectivity index (χ4n) is 3.42. The van der Waals surface area contributed by atoms with Crippen LogP contribution in [-0.2, 0) is 0 Å². The highest BCUT2D eigenvalue weighted by molar-refractivity contribution is 5.85. The van der Waals surface area contributed by atoms with Gasteiger partial charge in [0.05, 0.1) is 28.6 Å². The first-order valence-electron chi connectivity index (χ1n) is 9.22. The molecular weight excluding hydrogens is 322 g/mol. The van der Waals surface area contributed by atoms with Crippen LogP contribution in [0.15, 0.2) is 53.8 Å². The number of nitrogens with one attached hydrogen (secondary N) is 1. The standard InChI is InChI=1S/C21H23N5/c1-3-4-8-19-25-20(21(26-19)17-7-5-6-14(2)24-17)15-9-10-16-18(13-15)23-12-11-22-16/h5-7,9-13,20-21H,3-4,8H2,1-2H3,(H,25,26). The molecule has 4 rings (SSSR count). The number of amidine groups is 1. The summed E-state index contributed by atoms with van der Waals surface area (Å²) in [5.74, 6) is 1.07. The van der Waals surface area contributed by atoms with E-state index in [2.05, 4.69) is 46.5 Å². The molecule has 2 aromatic heterocycles. The highest BCUT2D eigenvalue weighted by Crippen LogP contribution is 2.36. The Hall–Kier alpha value is -2.82. The van der Waals surface area contributed by atoms with Crippen LogP contribution in [-0.4, -0.2) is 20.8 Å². The van der Waals surface area contributed by atoms with Crippen LogP contribution in [0.5, 0.6) is 0 Å². The summed E-state index contributed by atoms with van der Waals surface area (Å²) in [5, 5.41) is 3.62. The van der Waals surface area contributed by atoms with E-state index in [1.807, 2.05) is 19.1 Å². The van der Waals surface area contributed by atoms with Crippen molar-refractivity contribution < 1.29 is 0 Å². The molecule has 26 heavy (non-hydrogen) atoms. The van der Waals surface area contributed by atoms with E-state index in [0.29, 0.717) is 0 Å². The Kier molecular flexibility index (Phi) is 4.61. The van der Waals surface area contributed by atoms with Crippen molar-refractivity contribution in [3.8, 4) is 0 Å². The van der Waals surface area contributed by atoms with Gasteiger partial charge in [-0.25, -0.2) is 0 Å². The molecular formula is C21H23N5. The largest absolute Gasteiger partial charge is 0.363 e. The second kappa shape index (κ2) is 7.20. The van der Waals surface area contributed by atoms with E-state index in [-0.39, 0.29) is 12.1 Å². The number of aromatic nitrogens is 3. The molecule has 0 saturated carbocycles. The van der Waals surface area contributed by atoms with Crippen molar-refractivity contribution in [3.63, 3.8) is 0 Å². The van der Waals surface area contributed by atoms with E-state index in [0.717, 1.165) is 53.1 Å². The maximum atomic E-state index is 5.01. The Bertz CT molecular complexity index is 950. The minimum absolute atomic E-state index is 0.00237. The maximum absolute atomic E-state index is 5.01. The van der Waals surface area contributed by atoms with Gasteiger partial charge in [0.1, 0.15) is 6.04 Å². The Morgan fingerprint density at radius 2 is 1.88 bits per heavy atom. The fraction of sp³-hybridized carbons (Fsp3) is 0.333. The fourth-order valence-corrected chi connectivity index (χ4v) is 3.42. The number of hydrogen-bond donors (Lipinski definition) is 1. The van der Waals surface area contributed by atoms with Gasteiger partial charge >= 0.3 is 0 Å². The molecule has 1 aromatic carbocycles. The van der Waals surface area contributed by atoms with Crippen LogP contribution >= 0.6 is 0 Å². The summed E-state index contributed by atoms with van der Waals surface area (Å²) < 4.78 is 0. The van der Waals surface area contributed by atoms with Crippen LogP contribution in [0.1, 0.15) is 55.2 Å². The van der Waals surface area contributed by atoms with Crippen LogP contribution in [0, 0.1) is 6.92 Å². The first kappa shape index (κ1) is 16.6. The van der Waals surface area contributed by atoms with E-state index < -0.39 is 0 Å². The van der Waals surface area contributed by atoms with Gasteiger partial charge in [0.2, 0.25) is 0 Å². The molecule has 0 radical (unpaired) electrons. The van der Waals surface area contributed by atoms with Crippen LogP contribution in [0.25, 0.3) is 11.0 Å².